The van der Waals surface area contributed by atoms with Crippen molar-refractivity contribution < 1.29 is 58.2 Å². The van der Waals surface area contributed by atoms with E-state index in [0.29, 0.717) is 5.56 Å². The van der Waals surface area contributed by atoms with Gasteiger partial charge in [-0.3, -0.25) is 47.9 Å². The van der Waals surface area contributed by atoms with Crippen LogP contribution in [-0.4, -0.2) is 175 Å². The average molecular weight is 1050 g/mol. The van der Waals surface area contributed by atoms with Crippen LogP contribution < -0.4 is 81.8 Å². The topological polar surface area (TPSA) is 462 Å². The fourth-order valence-electron chi connectivity index (χ4n) is 7.70. The smallest absolute Gasteiger partial charge is 0.245 e. The molecule has 0 aromatic heterocycles. The number of nitrogens with two attached hydrogens (primary N) is 5. The lowest BCUT2D eigenvalue weighted by Crippen LogP contribution is -2.62. The molecule has 1 aliphatic rings. The summed E-state index contributed by atoms with van der Waals surface area (Å²) >= 11 is 0. The van der Waals surface area contributed by atoms with Crippen molar-refractivity contribution >= 4 is 59.1 Å². The molecule has 0 bridgehead atoms. The summed E-state index contributed by atoms with van der Waals surface area (Å²) in [6.45, 7) is 6.49. The molecule has 1 saturated heterocycles. The highest BCUT2D eigenvalue weighted by Crippen LogP contribution is 2.12. The third-order valence-corrected chi connectivity index (χ3v) is 11.9. The molecule has 1 fully saturated rings. The van der Waals surface area contributed by atoms with Crippen molar-refractivity contribution in [3.05, 3.63) is 35.9 Å². The van der Waals surface area contributed by atoms with Crippen LogP contribution in [0.25, 0.3) is 0 Å². The zero-order valence-electron chi connectivity index (χ0n) is 42.9. The molecular weight excluding hydrogens is 967 g/mol. The molecular formula is C47H81N15O12. The molecule has 0 spiro atoms. The predicted molar refractivity (Wildman–Crippen MR) is 271 cm³/mol. The van der Waals surface area contributed by atoms with Crippen LogP contribution in [0.3, 0.4) is 0 Å². The van der Waals surface area contributed by atoms with E-state index in [2.05, 4.69) is 53.2 Å². The number of benzene rings is 1. The van der Waals surface area contributed by atoms with E-state index in [4.69, 9.17) is 28.7 Å². The fraction of sp³-hybridized carbons (Fsp3) is 0.660. The number of carbonyl (C=O) groups is 10. The van der Waals surface area contributed by atoms with Gasteiger partial charge in [0.15, 0.2) is 0 Å². The van der Waals surface area contributed by atoms with Crippen LogP contribution in [0.5, 0.6) is 0 Å². The molecule has 27 heteroatoms. The first-order valence-corrected chi connectivity index (χ1v) is 24.9. The molecule has 0 radical (unpaired) electrons. The number of rotatable bonds is 21. The van der Waals surface area contributed by atoms with E-state index in [1.807, 2.05) is 0 Å². The summed E-state index contributed by atoms with van der Waals surface area (Å²) in [4.78, 5) is 138. The Kier molecular flexibility index (Phi) is 28.2. The van der Waals surface area contributed by atoms with Gasteiger partial charge < -0.3 is 92.0 Å². The second kappa shape index (κ2) is 32.7. The summed E-state index contributed by atoms with van der Waals surface area (Å²) < 4.78 is 0. The van der Waals surface area contributed by atoms with Gasteiger partial charge in [-0.1, -0.05) is 51.1 Å². The molecule has 27 nitrogen and oxygen atoms in total. The number of amides is 10. The minimum Gasteiger partial charge on any atom is -0.391 e. The van der Waals surface area contributed by atoms with Gasteiger partial charge in [0.1, 0.15) is 54.4 Å². The summed E-state index contributed by atoms with van der Waals surface area (Å²) in [7, 11) is 0. The van der Waals surface area contributed by atoms with Crippen molar-refractivity contribution in [2.24, 2.45) is 40.5 Å². The van der Waals surface area contributed by atoms with Gasteiger partial charge in [0.25, 0.3) is 0 Å². The van der Waals surface area contributed by atoms with Crippen molar-refractivity contribution in [3.63, 3.8) is 0 Å². The number of hydrogen-bond donors (Lipinski definition) is 17. The Labute approximate surface area is 431 Å². The number of carbonyl (C=O) groups excluding carboxylic acids is 10. The van der Waals surface area contributed by atoms with Gasteiger partial charge in [0, 0.05) is 25.9 Å². The van der Waals surface area contributed by atoms with Crippen LogP contribution in [-0.2, 0) is 54.4 Å². The zero-order chi connectivity index (χ0) is 55.7. The molecule has 10 amide bonds. The SMILES string of the molecule is CC(C)C[C@@H]1NC(=O)[C@@H](Cc2ccccc2)NC(=O)[C@H](CCN)NC(=O)[C@@H](NC(=O)[C@H](CCN)NC(=O)[C@@H](NC(=O)CCN)C(C)O)CCNC(=O)[C@H](C(C)O)NC(=O)[C@H](CCN)NC(=O)[C@H]([C@H](C)CN)NC1=O. The summed E-state index contributed by atoms with van der Waals surface area (Å²) in [5.41, 5.74) is 29.6. The molecule has 416 valence electrons. The van der Waals surface area contributed by atoms with E-state index in [0.717, 1.165) is 0 Å². The van der Waals surface area contributed by atoms with E-state index in [1.165, 1.54) is 13.8 Å². The second-order valence-electron chi connectivity index (χ2n) is 18.7. The maximum absolute atomic E-state index is 14.4. The van der Waals surface area contributed by atoms with E-state index >= 15 is 0 Å². The highest BCUT2D eigenvalue weighted by Gasteiger charge is 2.38. The first-order chi connectivity index (χ1) is 35.0. The maximum Gasteiger partial charge on any atom is 0.245 e. The lowest BCUT2D eigenvalue weighted by Gasteiger charge is -2.30. The minimum absolute atomic E-state index is 0.0528. The Bertz CT molecular complexity index is 2030. The Hall–Kier alpha value is -6.36. The van der Waals surface area contributed by atoms with Gasteiger partial charge in [-0.05, 0) is 89.5 Å². The van der Waals surface area contributed by atoms with Crippen LogP contribution in [0.2, 0.25) is 0 Å². The standard InChI is InChI=1S/C47H81N15O12/c1-24(2)21-33-44(71)61-36(25(3)23-52)46(73)56-31(13-18-50)42(69)62-37(26(4)63)45(72)53-20-15-32(55-39(66)30(12-17-49)57-47(74)38(27(5)64)60-35(65)14-19-51)41(68)54-29(11-16-48)40(67)59-34(43(70)58-33)22-28-9-7-6-8-10-28/h6-10,24-27,29-34,36-38,63-64H,11-23,48-52H2,1-5H3,(H,53,72)(H,54,68)(H,55,66)(H,56,73)(H,57,74)(H,58,70)(H,59,67)(H,60,65)(H,61,71)(H,62,69)/t25-,26?,27?,29+,30+,31+,32+,33+,34-,36+,37+,38+/m1/s1. The van der Waals surface area contributed by atoms with E-state index in [1.54, 1.807) is 51.1 Å². The van der Waals surface area contributed by atoms with Gasteiger partial charge in [-0.25, -0.2) is 0 Å². The molecule has 2 unspecified atom stereocenters. The minimum atomic E-state index is -1.67. The lowest BCUT2D eigenvalue weighted by molar-refractivity contribution is -0.136. The van der Waals surface area contributed by atoms with E-state index in [9.17, 15) is 58.2 Å². The van der Waals surface area contributed by atoms with Crippen LogP contribution in [0.15, 0.2) is 30.3 Å². The second-order valence-corrected chi connectivity index (χ2v) is 18.7. The first-order valence-electron chi connectivity index (χ1n) is 24.9. The highest BCUT2D eigenvalue weighted by molar-refractivity contribution is 5.99. The average Bonchev–Trinajstić information content (AvgIpc) is 3.34. The molecule has 1 aliphatic heterocycles. The van der Waals surface area contributed by atoms with Crippen LogP contribution in [0, 0.1) is 11.8 Å². The van der Waals surface area contributed by atoms with Gasteiger partial charge >= 0.3 is 0 Å². The van der Waals surface area contributed by atoms with Gasteiger partial charge in [0.05, 0.1) is 12.2 Å². The van der Waals surface area contributed by atoms with Crippen molar-refractivity contribution in [1.29, 1.82) is 0 Å². The molecule has 2 rings (SSSR count). The van der Waals surface area contributed by atoms with Gasteiger partial charge in [-0.15, -0.1) is 0 Å². The van der Waals surface area contributed by atoms with Crippen LogP contribution in [0.1, 0.15) is 78.7 Å². The number of aliphatic hydroxyl groups is 2. The number of aliphatic hydroxyl groups excluding tert-OH is 2. The Balaban J connectivity index is 2.77. The molecule has 1 aromatic rings. The molecule has 1 heterocycles. The Morgan fingerprint density at radius 1 is 0.622 bits per heavy atom. The summed E-state index contributed by atoms with van der Waals surface area (Å²) in [6, 6.07) is -4.67. The highest BCUT2D eigenvalue weighted by atomic mass is 16.3. The molecule has 74 heavy (non-hydrogen) atoms. The molecule has 12 atom stereocenters. The Morgan fingerprint density at radius 3 is 1.70 bits per heavy atom. The van der Waals surface area contributed by atoms with Crippen LogP contribution >= 0.6 is 0 Å². The normalized spacial score (nSPS) is 24.2. The van der Waals surface area contributed by atoms with Crippen LogP contribution in [0.4, 0.5) is 0 Å². The van der Waals surface area contributed by atoms with Crippen molar-refractivity contribution in [1.82, 2.24) is 53.2 Å². The summed E-state index contributed by atoms with van der Waals surface area (Å²) in [6.07, 6.45) is -4.25. The maximum atomic E-state index is 14.4. The molecule has 0 saturated carbocycles. The molecule has 0 aliphatic carbocycles. The monoisotopic (exact) mass is 1050 g/mol. The quantitative estimate of drug-likeness (QED) is 0.0544. The fourth-order valence-corrected chi connectivity index (χ4v) is 7.70. The van der Waals surface area contributed by atoms with Crippen molar-refractivity contribution in [2.75, 3.05) is 39.3 Å². The number of hydrogen-bond acceptors (Lipinski definition) is 17. The van der Waals surface area contributed by atoms with E-state index < -0.39 is 145 Å². The van der Waals surface area contributed by atoms with Crippen molar-refractivity contribution in [3.8, 4) is 0 Å². The van der Waals surface area contributed by atoms with Gasteiger partial charge in [0.2, 0.25) is 59.1 Å². The molecule has 22 N–H and O–H groups in total. The van der Waals surface area contributed by atoms with E-state index in [-0.39, 0.29) is 77.2 Å². The zero-order valence-corrected chi connectivity index (χ0v) is 42.9. The largest absolute Gasteiger partial charge is 0.391 e. The lowest BCUT2D eigenvalue weighted by atomic mass is 9.97. The predicted octanol–water partition coefficient (Wildman–Crippen LogP) is -7.09. The Morgan fingerprint density at radius 2 is 1.16 bits per heavy atom. The first kappa shape index (κ1) is 63.8. The third-order valence-electron chi connectivity index (χ3n) is 11.9. The van der Waals surface area contributed by atoms with Crippen molar-refractivity contribution in [2.45, 2.75) is 146 Å². The molecule has 1 aromatic carbocycles. The third kappa shape index (κ3) is 21.2. The number of nitrogens with one attached hydrogen (secondary N) is 10. The summed E-state index contributed by atoms with van der Waals surface area (Å²) in [5.74, 6) is -9.86. The van der Waals surface area contributed by atoms with Gasteiger partial charge in [-0.2, -0.15) is 0 Å². The summed E-state index contributed by atoms with van der Waals surface area (Å²) in [5, 5.41) is 46.4.